The molecule has 1 aliphatic rings. The van der Waals surface area contributed by atoms with Gasteiger partial charge in [0, 0.05) is 36.5 Å². The van der Waals surface area contributed by atoms with E-state index in [1.807, 2.05) is 0 Å². The first-order valence-electron chi connectivity index (χ1n) is 9.83. The normalized spacial score (nSPS) is 15.2. The molecule has 2 N–H and O–H groups in total. The number of nitrogens with zero attached hydrogens (tertiary/aromatic N) is 3. The summed E-state index contributed by atoms with van der Waals surface area (Å²) < 4.78 is 41.7. The van der Waals surface area contributed by atoms with Crippen LogP contribution < -0.4 is 4.74 Å². The van der Waals surface area contributed by atoms with Gasteiger partial charge < -0.3 is 20.2 Å². The highest BCUT2D eigenvalue weighted by Gasteiger charge is 2.36. The molecule has 2 unspecified atom stereocenters. The highest BCUT2D eigenvalue weighted by Crippen LogP contribution is 2.34. The SMILES string of the molecule is CC(O)CC(=N)C(=O)c1nccc2c1CN(C(C)c1cnc(OCC(F)(F)F)c(Cl)c1)C2=O. The van der Waals surface area contributed by atoms with Crippen molar-refractivity contribution in [3.8, 4) is 5.88 Å². The Bertz CT molecular complexity index is 1110. The van der Waals surface area contributed by atoms with Crippen molar-refractivity contribution in [2.75, 3.05) is 6.61 Å². The molecule has 0 radical (unpaired) electrons. The lowest BCUT2D eigenvalue weighted by atomic mass is 10.0. The van der Waals surface area contributed by atoms with E-state index in [2.05, 4.69) is 14.7 Å². The second-order valence-electron chi connectivity index (χ2n) is 7.62. The predicted molar refractivity (Wildman–Crippen MR) is 112 cm³/mol. The van der Waals surface area contributed by atoms with Gasteiger partial charge in [0.15, 0.2) is 6.61 Å². The van der Waals surface area contributed by atoms with Crippen LogP contribution in [0.4, 0.5) is 13.2 Å². The van der Waals surface area contributed by atoms with Crippen molar-refractivity contribution in [1.29, 1.82) is 5.41 Å². The van der Waals surface area contributed by atoms with Gasteiger partial charge in [-0.05, 0) is 31.5 Å². The molecule has 2 aromatic heterocycles. The Balaban J connectivity index is 1.82. The number of aromatic nitrogens is 2. The molecule has 0 bridgehead atoms. The van der Waals surface area contributed by atoms with Crippen LogP contribution in [0.25, 0.3) is 0 Å². The molecule has 8 nitrogen and oxygen atoms in total. The largest absolute Gasteiger partial charge is 0.467 e. The highest BCUT2D eigenvalue weighted by atomic mass is 35.5. The lowest BCUT2D eigenvalue weighted by molar-refractivity contribution is -0.154. The van der Waals surface area contributed by atoms with Gasteiger partial charge in [0.1, 0.15) is 10.7 Å². The van der Waals surface area contributed by atoms with Crippen molar-refractivity contribution in [2.24, 2.45) is 0 Å². The topological polar surface area (TPSA) is 116 Å². The summed E-state index contributed by atoms with van der Waals surface area (Å²) in [7, 11) is 0. The second kappa shape index (κ2) is 9.44. The molecule has 33 heavy (non-hydrogen) atoms. The summed E-state index contributed by atoms with van der Waals surface area (Å²) in [6.45, 7) is 1.62. The maximum atomic E-state index is 13.0. The first-order valence-corrected chi connectivity index (χ1v) is 10.2. The number of amides is 1. The zero-order chi connectivity index (χ0) is 24.5. The average Bonchev–Trinajstić information content (AvgIpc) is 3.07. The predicted octanol–water partition coefficient (Wildman–Crippen LogP) is 3.76. The van der Waals surface area contributed by atoms with Crippen molar-refractivity contribution in [3.63, 3.8) is 0 Å². The summed E-state index contributed by atoms with van der Waals surface area (Å²) in [6, 6.07) is 2.24. The number of ether oxygens (including phenoxy) is 1. The maximum Gasteiger partial charge on any atom is 0.422 e. The highest BCUT2D eigenvalue weighted by molar-refractivity contribution is 6.45. The number of Topliss-reactive ketones (excluding diaryl/α,β-unsaturated/α-hetero) is 1. The van der Waals surface area contributed by atoms with Crippen LogP contribution in [0.1, 0.15) is 58.3 Å². The molecule has 12 heteroatoms. The Labute approximate surface area is 191 Å². The number of nitrogens with one attached hydrogen (secondary N) is 1. The molecule has 176 valence electrons. The molecule has 0 aliphatic carbocycles. The summed E-state index contributed by atoms with van der Waals surface area (Å²) in [4.78, 5) is 35.0. The third kappa shape index (κ3) is 5.48. The van der Waals surface area contributed by atoms with Crippen molar-refractivity contribution in [2.45, 2.75) is 45.1 Å². The van der Waals surface area contributed by atoms with Crippen LogP contribution in [-0.4, -0.2) is 56.3 Å². The number of aliphatic hydroxyl groups is 1. The first-order chi connectivity index (χ1) is 15.4. The lowest BCUT2D eigenvalue weighted by Crippen LogP contribution is -2.27. The van der Waals surface area contributed by atoms with Crippen molar-refractivity contribution in [3.05, 3.63) is 51.9 Å². The number of hydrogen-bond acceptors (Lipinski definition) is 7. The molecule has 1 aliphatic heterocycles. The molecule has 0 fully saturated rings. The fourth-order valence-electron chi connectivity index (χ4n) is 3.39. The number of pyridine rings is 2. The van der Waals surface area contributed by atoms with E-state index in [4.69, 9.17) is 17.0 Å². The van der Waals surface area contributed by atoms with Crippen LogP contribution in [0.5, 0.6) is 5.88 Å². The number of halogens is 4. The summed E-state index contributed by atoms with van der Waals surface area (Å²) in [5.41, 5.74) is 0.708. The standard InChI is InChI=1S/C21H20ClF3N4O4/c1-10(30)5-16(26)18(31)17-14-8-29(20(32)13(14)3-4-27-17)11(2)12-6-15(22)19(28-7-12)33-9-21(23,24)25/h3-4,6-7,10-11,26,30H,5,8-9H2,1-2H3. The molecule has 3 heterocycles. The van der Waals surface area contributed by atoms with Crippen LogP contribution >= 0.6 is 11.6 Å². The van der Waals surface area contributed by atoms with E-state index in [1.165, 1.54) is 36.4 Å². The Morgan fingerprint density at radius 2 is 2.06 bits per heavy atom. The number of carbonyl (C=O) groups is 2. The smallest absolute Gasteiger partial charge is 0.422 e. The van der Waals surface area contributed by atoms with E-state index in [9.17, 15) is 27.9 Å². The third-order valence-electron chi connectivity index (χ3n) is 5.02. The van der Waals surface area contributed by atoms with E-state index < -0.39 is 30.7 Å². The molecule has 1 amide bonds. The fraction of sp³-hybridized carbons (Fsp3) is 0.381. The Morgan fingerprint density at radius 1 is 1.36 bits per heavy atom. The van der Waals surface area contributed by atoms with Crippen LogP contribution in [0.3, 0.4) is 0 Å². The monoisotopic (exact) mass is 484 g/mol. The molecule has 3 rings (SSSR count). The summed E-state index contributed by atoms with van der Waals surface area (Å²) >= 11 is 6.02. The fourth-order valence-corrected chi connectivity index (χ4v) is 3.62. The summed E-state index contributed by atoms with van der Waals surface area (Å²) in [5.74, 6) is -1.44. The van der Waals surface area contributed by atoms with Crippen LogP contribution in [0.15, 0.2) is 24.5 Å². The Morgan fingerprint density at radius 3 is 2.67 bits per heavy atom. The lowest BCUT2D eigenvalue weighted by Gasteiger charge is -2.25. The Hall–Kier alpha value is -3.05. The molecule has 2 atom stereocenters. The van der Waals surface area contributed by atoms with Gasteiger partial charge in [0.2, 0.25) is 11.7 Å². The third-order valence-corrected chi connectivity index (χ3v) is 5.29. The zero-order valence-electron chi connectivity index (χ0n) is 17.6. The minimum atomic E-state index is -4.54. The van der Waals surface area contributed by atoms with Gasteiger partial charge in [-0.1, -0.05) is 11.6 Å². The molecule has 0 saturated heterocycles. The molecular weight excluding hydrogens is 465 g/mol. The van der Waals surface area contributed by atoms with Gasteiger partial charge in [0.05, 0.1) is 17.9 Å². The van der Waals surface area contributed by atoms with Crippen LogP contribution in [0.2, 0.25) is 5.02 Å². The first kappa shape index (κ1) is 24.6. The number of aliphatic hydroxyl groups excluding tert-OH is 1. The van der Waals surface area contributed by atoms with Gasteiger partial charge in [-0.2, -0.15) is 13.2 Å². The average molecular weight is 485 g/mol. The van der Waals surface area contributed by atoms with E-state index in [0.717, 1.165) is 0 Å². The summed E-state index contributed by atoms with van der Waals surface area (Å²) in [6.07, 6.45) is -3.00. The quantitative estimate of drug-likeness (QED) is 0.435. The molecule has 0 saturated carbocycles. The minimum absolute atomic E-state index is 0.0240. The van der Waals surface area contributed by atoms with E-state index in [-0.39, 0.29) is 46.7 Å². The molecule has 0 aromatic carbocycles. The second-order valence-corrected chi connectivity index (χ2v) is 8.02. The van der Waals surface area contributed by atoms with Crippen molar-refractivity contribution in [1.82, 2.24) is 14.9 Å². The molecule has 2 aromatic rings. The van der Waals surface area contributed by atoms with Gasteiger partial charge in [-0.15, -0.1) is 0 Å². The minimum Gasteiger partial charge on any atom is -0.467 e. The van der Waals surface area contributed by atoms with Crippen LogP contribution in [-0.2, 0) is 6.54 Å². The van der Waals surface area contributed by atoms with Crippen molar-refractivity contribution >= 4 is 29.0 Å². The zero-order valence-corrected chi connectivity index (χ0v) is 18.4. The van der Waals surface area contributed by atoms with E-state index >= 15 is 0 Å². The number of alkyl halides is 3. The number of fused-ring (bicyclic) bond motifs is 1. The van der Waals surface area contributed by atoms with E-state index in [0.29, 0.717) is 11.1 Å². The van der Waals surface area contributed by atoms with Gasteiger partial charge in [-0.3, -0.25) is 14.6 Å². The number of carbonyl (C=O) groups excluding carboxylic acids is 2. The maximum absolute atomic E-state index is 13.0. The van der Waals surface area contributed by atoms with Crippen molar-refractivity contribution < 1.29 is 32.6 Å². The Kier molecular flexibility index (Phi) is 7.03. The van der Waals surface area contributed by atoms with Gasteiger partial charge in [0.25, 0.3) is 5.91 Å². The number of ketones is 1. The van der Waals surface area contributed by atoms with Crippen LogP contribution in [0, 0.1) is 5.41 Å². The molecular formula is C21H20ClF3N4O4. The number of rotatable bonds is 8. The molecule has 0 spiro atoms. The van der Waals surface area contributed by atoms with Gasteiger partial charge >= 0.3 is 6.18 Å². The van der Waals surface area contributed by atoms with E-state index in [1.54, 1.807) is 6.92 Å². The summed E-state index contributed by atoms with van der Waals surface area (Å²) in [5, 5.41) is 17.2. The van der Waals surface area contributed by atoms with Gasteiger partial charge in [-0.25, -0.2) is 4.98 Å². The number of hydrogen-bond donors (Lipinski definition) is 2.